The first-order valence-corrected chi connectivity index (χ1v) is 7.67. The average Bonchev–Trinajstić information content (AvgIpc) is 3.21. The molecule has 1 amide bonds. The molecule has 0 aliphatic carbocycles. The van der Waals surface area contributed by atoms with Crippen molar-refractivity contribution in [1.29, 1.82) is 0 Å². The first-order valence-electron chi connectivity index (χ1n) is 7.67. The number of aryl methyl sites for hydroxylation is 1. The summed E-state index contributed by atoms with van der Waals surface area (Å²) >= 11 is 0. The Morgan fingerprint density at radius 2 is 2.22 bits per heavy atom. The zero-order valence-electron chi connectivity index (χ0n) is 13.0. The number of carbonyl (C=O) groups is 1. The minimum atomic E-state index is -0.379. The Morgan fingerprint density at radius 1 is 1.39 bits per heavy atom. The zero-order chi connectivity index (χ0) is 16.3. The summed E-state index contributed by atoms with van der Waals surface area (Å²) in [5.74, 6) is 3.26. The molecule has 7 nitrogen and oxygen atoms in total. The Kier molecular flexibility index (Phi) is 4.06. The number of fused-ring (bicyclic) bond motifs is 1. The van der Waals surface area contributed by atoms with Crippen molar-refractivity contribution in [1.82, 2.24) is 19.9 Å². The van der Waals surface area contributed by atoms with Crippen LogP contribution in [0.4, 0.5) is 0 Å². The van der Waals surface area contributed by atoms with E-state index in [9.17, 15) is 4.79 Å². The number of aromatic nitrogens is 3. The highest BCUT2D eigenvalue weighted by Gasteiger charge is 2.38. The molecule has 0 radical (unpaired) electrons. The van der Waals surface area contributed by atoms with Crippen LogP contribution in [-0.4, -0.2) is 32.7 Å². The van der Waals surface area contributed by atoms with Crippen molar-refractivity contribution in [3.63, 3.8) is 0 Å². The molecule has 0 saturated carbocycles. The third-order valence-corrected chi connectivity index (χ3v) is 3.93. The largest absolute Gasteiger partial charge is 0.352 e. The first-order chi connectivity index (χ1) is 11.2. The van der Waals surface area contributed by atoms with Crippen LogP contribution in [0.3, 0.4) is 0 Å². The van der Waals surface area contributed by atoms with Crippen LogP contribution in [0, 0.1) is 12.3 Å². The second-order valence-corrected chi connectivity index (χ2v) is 5.48. The number of carbonyl (C=O) groups excluding carboxylic acids is 1. The van der Waals surface area contributed by atoms with Crippen molar-refractivity contribution < 1.29 is 4.79 Å². The number of hydrogen-bond acceptors (Lipinski definition) is 5. The fourth-order valence-electron chi connectivity index (χ4n) is 2.52. The van der Waals surface area contributed by atoms with Gasteiger partial charge in [-0.1, -0.05) is 6.92 Å². The molecule has 2 aromatic heterocycles. The van der Waals surface area contributed by atoms with Crippen molar-refractivity contribution in [3.05, 3.63) is 29.7 Å². The molecule has 1 aliphatic heterocycles. The van der Waals surface area contributed by atoms with Gasteiger partial charge in [0.15, 0.2) is 11.3 Å². The summed E-state index contributed by atoms with van der Waals surface area (Å²) in [4.78, 5) is 12.4. The normalized spacial score (nSPS) is 14.6. The van der Waals surface area contributed by atoms with Gasteiger partial charge in [-0.25, -0.2) is 0 Å². The van der Waals surface area contributed by atoms with Crippen LogP contribution in [0.2, 0.25) is 0 Å². The Hall–Kier alpha value is -2.75. The summed E-state index contributed by atoms with van der Waals surface area (Å²) in [6.07, 6.45) is 9.92. The number of hydrogen-bond donors (Lipinski definition) is 1. The smallest absolute Gasteiger partial charge is 0.255 e. The van der Waals surface area contributed by atoms with Gasteiger partial charge in [0.25, 0.3) is 5.91 Å². The molecule has 3 rings (SSSR count). The van der Waals surface area contributed by atoms with Gasteiger partial charge in [-0.3, -0.25) is 9.20 Å². The van der Waals surface area contributed by atoms with Crippen molar-refractivity contribution in [3.8, 4) is 12.3 Å². The summed E-state index contributed by atoms with van der Waals surface area (Å²) in [5.41, 5.74) is 0.711. The van der Waals surface area contributed by atoms with E-state index in [1.54, 1.807) is 6.07 Å². The molecule has 0 bridgehead atoms. The predicted molar refractivity (Wildman–Crippen MR) is 85.0 cm³/mol. The molecular formula is C16H18N6O. The van der Waals surface area contributed by atoms with Crippen LogP contribution in [0.15, 0.2) is 28.6 Å². The second-order valence-electron chi connectivity index (χ2n) is 5.48. The monoisotopic (exact) mass is 310 g/mol. The van der Waals surface area contributed by atoms with Crippen LogP contribution in [0.1, 0.15) is 42.4 Å². The highest BCUT2D eigenvalue weighted by atomic mass is 16.1. The Balaban J connectivity index is 1.63. The van der Waals surface area contributed by atoms with Crippen LogP contribution >= 0.6 is 0 Å². The molecule has 7 heteroatoms. The quantitative estimate of drug-likeness (QED) is 0.794. The third-order valence-electron chi connectivity index (χ3n) is 3.93. The molecule has 0 saturated heterocycles. The van der Waals surface area contributed by atoms with Gasteiger partial charge in [-0.15, -0.1) is 22.5 Å². The maximum Gasteiger partial charge on any atom is 0.255 e. The number of pyridine rings is 1. The minimum absolute atomic E-state index is 0.168. The van der Waals surface area contributed by atoms with Gasteiger partial charge in [-0.2, -0.15) is 10.2 Å². The maximum atomic E-state index is 12.4. The first kappa shape index (κ1) is 15.2. The van der Waals surface area contributed by atoms with Gasteiger partial charge in [-0.05, 0) is 12.1 Å². The highest BCUT2D eigenvalue weighted by Crippen LogP contribution is 2.36. The van der Waals surface area contributed by atoms with Gasteiger partial charge in [0.05, 0.1) is 5.56 Å². The number of terminal acetylenes is 1. The molecule has 23 heavy (non-hydrogen) atoms. The van der Waals surface area contributed by atoms with Crippen molar-refractivity contribution >= 4 is 11.6 Å². The number of rotatable bonds is 7. The summed E-state index contributed by atoms with van der Waals surface area (Å²) in [6, 6.07) is 3.57. The Morgan fingerprint density at radius 3 is 2.91 bits per heavy atom. The predicted octanol–water partition coefficient (Wildman–Crippen LogP) is 1.99. The van der Waals surface area contributed by atoms with E-state index in [0.717, 1.165) is 18.7 Å². The average molecular weight is 310 g/mol. The minimum Gasteiger partial charge on any atom is -0.352 e. The van der Waals surface area contributed by atoms with Crippen LogP contribution in [0.5, 0.6) is 0 Å². The molecule has 2 aromatic rings. The van der Waals surface area contributed by atoms with Crippen LogP contribution in [0.25, 0.3) is 5.65 Å². The van der Waals surface area contributed by atoms with E-state index in [1.165, 1.54) is 0 Å². The van der Waals surface area contributed by atoms with Gasteiger partial charge in [0.1, 0.15) is 5.82 Å². The molecule has 0 fully saturated rings. The highest BCUT2D eigenvalue weighted by molar-refractivity contribution is 5.99. The second kappa shape index (κ2) is 6.16. The van der Waals surface area contributed by atoms with E-state index in [0.29, 0.717) is 30.6 Å². The lowest BCUT2D eigenvalue weighted by molar-refractivity contribution is 0.0953. The summed E-state index contributed by atoms with van der Waals surface area (Å²) in [6.45, 7) is 2.49. The van der Waals surface area contributed by atoms with Crippen molar-refractivity contribution in [2.45, 2.75) is 38.3 Å². The third kappa shape index (κ3) is 3.06. The Labute approximate surface area is 134 Å². The SMILES string of the molecule is C#CCCC1(CCNC(=O)c2cccn3c(CC)nnc23)N=N1. The lowest BCUT2D eigenvalue weighted by atomic mass is 10.0. The molecular weight excluding hydrogens is 292 g/mol. The Bertz CT molecular complexity index is 794. The lowest BCUT2D eigenvalue weighted by Crippen LogP contribution is -2.28. The van der Waals surface area contributed by atoms with Gasteiger partial charge in [0, 0.05) is 38.4 Å². The van der Waals surface area contributed by atoms with Gasteiger partial charge >= 0.3 is 0 Å². The van der Waals surface area contributed by atoms with E-state index < -0.39 is 0 Å². The summed E-state index contributed by atoms with van der Waals surface area (Å²) < 4.78 is 1.84. The van der Waals surface area contributed by atoms with E-state index in [4.69, 9.17) is 6.42 Å². The number of nitrogens with zero attached hydrogens (tertiary/aromatic N) is 5. The summed E-state index contributed by atoms with van der Waals surface area (Å²) in [5, 5.41) is 19.2. The number of nitrogens with one attached hydrogen (secondary N) is 1. The van der Waals surface area contributed by atoms with E-state index in [1.807, 2.05) is 23.6 Å². The molecule has 0 spiro atoms. The van der Waals surface area contributed by atoms with Crippen molar-refractivity contribution in [2.24, 2.45) is 10.2 Å². The van der Waals surface area contributed by atoms with E-state index in [2.05, 4.69) is 31.7 Å². The molecule has 1 aliphatic rings. The van der Waals surface area contributed by atoms with Crippen LogP contribution in [-0.2, 0) is 6.42 Å². The molecule has 0 atom stereocenters. The molecule has 3 heterocycles. The summed E-state index contributed by atoms with van der Waals surface area (Å²) in [7, 11) is 0. The van der Waals surface area contributed by atoms with Crippen molar-refractivity contribution in [2.75, 3.05) is 6.54 Å². The zero-order valence-corrected chi connectivity index (χ0v) is 13.0. The lowest BCUT2D eigenvalue weighted by Gasteiger charge is -2.10. The topological polar surface area (TPSA) is 84.0 Å². The molecule has 0 aromatic carbocycles. The molecule has 1 N–H and O–H groups in total. The van der Waals surface area contributed by atoms with Gasteiger partial charge in [0.2, 0.25) is 0 Å². The van der Waals surface area contributed by atoms with E-state index >= 15 is 0 Å². The fourth-order valence-corrected chi connectivity index (χ4v) is 2.52. The number of amides is 1. The molecule has 0 unspecified atom stereocenters. The fraction of sp³-hybridized carbons (Fsp3) is 0.438. The van der Waals surface area contributed by atoms with Crippen LogP contribution < -0.4 is 5.32 Å². The molecule has 118 valence electrons. The standard InChI is InChI=1S/C16H18N6O/c1-3-5-8-16(20-21-16)9-10-17-15(23)12-7-6-11-22-13(4-2)18-19-14(12)22/h1,6-7,11H,4-5,8-10H2,2H3,(H,17,23). The maximum absolute atomic E-state index is 12.4. The van der Waals surface area contributed by atoms with E-state index in [-0.39, 0.29) is 11.6 Å². The van der Waals surface area contributed by atoms with Gasteiger partial charge < -0.3 is 5.32 Å².